The van der Waals surface area contributed by atoms with Crippen molar-refractivity contribution in [2.75, 3.05) is 13.2 Å². The Morgan fingerprint density at radius 1 is 0.700 bits per heavy atom. The predicted octanol–water partition coefficient (Wildman–Crippen LogP) is 5.22. The van der Waals surface area contributed by atoms with Gasteiger partial charge in [-0.2, -0.15) is 0 Å². The van der Waals surface area contributed by atoms with E-state index >= 15 is 0 Å². The molecule has 0 saturated heterocycles. The Morgan fingerprint density at radius 3 is 1.35 bits per heavy atom. The number of nitrogens with one attached hydrogen (secondary N) is 2. The number of rotatable bonds is 12. The van der Waals surface area contributed by atoms with Gasteiger partial charge in [0.2, 0.25) is 0 Å². The van der Waals surface area contributed by atoms with Gasteiger partial charge in [0.1, 0.15) is 25.3 Å². The second kappa shape index (κ2) is 14.6. The van der Waals surface area contributed by atoms with Crippen LogP contribution in [0.2, 0.25) is 10.0 Å². The number of hydrogen-bond donors (Lipinski definition) is 2. The van der Waals surface area contributed by atoms with Crippen molar-refractivity contribution in [1.82, 2.24) is 10.6 Å². The third kappa shape index (κ3) is 12.0. The lowest BCUT2D eigenvalue weighted by molar-refractivity contribution is -0.141. The minimum Gasteiger partial charge on any atom is -0.460 e. The molecule has 0 spiro atoms. The first kappa shape index (κ1) is 33.2. The van der Waals surface area contributed by atoms with E-state index in [1.54, 1.807) is 36.4 Å². The van der Waals surface area contributed by atoms with Crippen molar-refractivity contribution < 1.29 is 28.7 Å². The van der Waals surface area contributed by atoms with Gasteiger partial charge in [0.15, 0.2) is 11.6 Å². The average Bonchev–Trinajstić information content (AvgIpc) is 2.85. The van der Waals surface area contributed by atoms with Crippen LogP contribution in [0.4, 0.5) is 0 Å². The summed E-state index contributed by atoms with van der Waals surface area (Å²) in [6.45, 7) is 10.7. The lowest BCUT2D eigenvalue weighted by Crippen LogP contribution is -2.50. The van der Waals surface area contributed by atoms with E-state index in [2.05, 4.69) is 10.6 Å². The van der Waals surface area contributed by atoms with Crippen molar-refractivity contribution in [3.8, 4) is 0 Å². The number of halogens is 2. The highest BCUT2D eigenvalue weighted by Gasteiger charge is 2.27. The van der Waals surface area contributed by atoms with E-state index < -0.39 is 35.1 Å². The van der Waals surface area contributed by atoms with Crippen LogP contribution < -0.4 is 10.6 Å². The van der Waals surface area contributed by atoms with Gasteiger partial charge in [0.25, 0.3) is 0 Å². The zero-order valence-corrected chi connectivity index (χ0v) is 25.1. The molecule has 2 unspecified atom stereocenters. The molecule has 8 nitrogen and oxygen atoms in total. The van der Waals surface area contributed by atoms with Gasteiger partial charge in [-0.05, 0) is 65.8 Å². The summed E-state index contributed by atoms with van der Waals surface area (Å²) in [4.78, 5) is 50.7. The number of Topliss-reactive ketones (excluding diaryl/α,β-unsaturated/α-hetero) is 2. The number of ketones is 2. The van der Waals surface area contributed by atoms with Gasteiger partial charge >= 0.3 is 11.9 Å². The molecule has 0 bridgehead atoms. The number of esters is 2. The monoisotopic (exact) mass is 590 g/mol. The summed E-state index contributed by atoms with van der Waals surface area (Å²) < 4.78 is 10.5. The fourth-order valence-electron chi connectivity index (χ4n) is 3.66. The summed E-state index contributed by atoms with van der Waals surface area (Å²) in [5.74, 6) is -2.27. The van der Waals surface area contributed by atoms with Gasteiger partial charge in [0, 0.05) is 44.4 Å². The smallest absolute Gasteiger partial charge is 0.331 e. The van der Waals surface area contributed by atoms with Crippen molar-refractivity contribution in [1.29, 1.82) is 0 Å². The molecule has 0 radical (unpaired) electrons. The Bertz CT molecular complexity index is 1150. The maximum Gasteiger partial charge on any atom is 0.331 e. The molecule has 2 atom stereocenters. The third-order valence-corrected chi connectivity index (χ3v) is 5.68. The van der Waals surface area contributed by atoms with Crippen molar-refractivity contribution >= 4 is 46.7 Å². The molecule has 2 aromatic rings. The molecule has 40 heavy (non-hydrogen) atoms. The zero-order chi connectivity index (χ0) is 30.1. The summed E-state index contributed by atoms with van der Waals surface area (Å²) in [6.07, 6.45) is 1.82. The van der Waals surface area contributed by atoms with Crippen molar-refractivity contribution in [2.24, 2.45) is 0 Å². The molecule has 0 aliphatic heterocycles. The lowest BCUT2D eigenvalue weighted by atomic mass is 10.0. The highest BCUT2D eigenvalue weighted by Crippen LogP contribution is 2.16. The third-order valence-electron chi connectivity index (χ3n) is 5.21. The van der Waals surface area contributed by atoms with Gasteiger partial charge in [0.05, 0.1) is 0 Å². The standard InChI is InChI=1S/C30H36Cl2N2O6/c1-29(2,3)33-23(27(37)19-9-7-11-21(31)15-19)17-39-25(35)13-14-26(36)40-18-24(34-30(4,5)6)28(38)20-10-8-12-22(32)16-20/h7-16,23-24,33-34H,17-18H2,1-6H3/b14-13-. The Labute approximate surface area is 245 Å². The summed E-state index contributed by atoms with van der Waals surface area (Å²) in [5.41, 5.74) is -0.166. The van der Waals surface area contributed by atoms with E-state index in [4.69, 9.17) is 32.7 Å². The quantitative estimate of drug-likeness (QED) is 0.197. The Balaban J connectivity index is 2.00. The van der Waals surface area contributed by atoms with Crippen LogP contribution in [0.1, 0.15) is 62.3 Å². The van der Waals surface area contributed by atoms with Gasteiger partial charge in [-0.3, -0.25) is 20.2 Å². The molecule has 10 heteroatoms. The van der Waals surface area contributed by atoms with E-state index in [0.29, 0.717) is 21.2 Å². The SMILES string of the molecule is CC(C)(C)NC(COC(=O)/C=C\C(=O)OCC(NC(C)(C)C)C(=O)c1cccc(Cl)c1)C(=O)c1cccc(Cl)c1. The Hall–Kier alpha value is -3.04. The summed E-state index contributed by atoms with van der Waals surface area (Å²) >= 11 is 12.0. The van der Waals surface area contributed by atoms with Crippen molar-refractivity contribution in [3.05, 3.63) is 81.9 Å². The highest BCUT2D eigenvalue weighted by molar-refractivity contribution is 6.31. The first-order chi connectivity index (χ1) is 18.5. The second-order valence-corrected chi connectivity index (χ2v) is 12.1. The van der Waals surface area contributed by atoms with Gasteiger partial charge < -0.3 is 9.47 Å². The maximum absolute atomic E-state index is 13.0. The van der Waals surface area contributed by atoms with Gasteiger partial charge in [-0.25, -0.2) is 9.59 Å². The van der Waals surface area contributed by atoms with E-state index in [-0.39, 0.29) is 24.8 Å². The largest absolute Gasteiger partial charge is 0.460 e. The van der Waals surface area contributed by atoms with Gasteiger partial charge in [-0.1, -0.05) is 47.5 Å². The second-order valence-electron chi connectivity index (χ2n) is 11.2. The molecule has 0 fully saturated rings. The normalized spacial score (nSPS) is 13.5. The minimum absolute atomic E-state index is 0.271. The Morgan fingerprint density at radius 2 is 1.05 bits per heavy atom. The highest BCUT2D eigenvalue weighted by atomic mass is 35.5. The molecule has 0 amide bonds. The van der Waals surface area contributed by atoms with Crippen LogP contribution >= 0.6 is 23.2 Å². The number of hydrogen-bond acceptors (Lipinski definition) is 8. The molecular weight excluding hydrogens is 555 g/mol. The molecule has 0 saturated carbocycles. The summed E-state index contributed by atoms with van der Waals surface area (Å²) in [5, 5.41) is 7.10. The van der Waals surface area contributed by atoms with Crippen LogP contribution in [-0.2, 0) is 19.1 Å². The molecular formula is C30H36Cl2N2O6. The molecule has 0 aromatic heterocycles. The summed E-state index contributed by atoms with van der Waals surface area (Å²) in [6, 6.07) is 11.3. The lowest BCUT2D eigenvalue weighted by Gasteiger charge is -2.27. The summed E-state index contributed by atoms with van der Waals surface area (Å²) in [7, 11) is 0. The zero-order valence-electron chi connectivity index (χ0n) is 23.5. The van der Waals surface area contributed by atoms with E-state index in [0.717, 1.165) is 12.2 Å². The fourth-order valence-corrected chi connectivity index (χ4v) is 4.04. The van der Waals surface area contributed by atoms with Crippen LogP contribution in [0.5, 0.6) is 0 Å². The first-order valence-corrected chi connectivity index (χ1v) is 13.5. The van der Waals surface area contributed by atoms with Crippen LogP contribution in [-0.4, -0.2) is 59.9 Å². The molecule has 0 aliphatic carbocycles. The van der Waals surface area contributed by atoms with E-state index in [1.807, 2.05) is 41.5 Å². The molecule has 0 aliphatic rings. The van der Waals surface area contributed by atoms with Crippen molar-refractivity contribution in [2.45, 2.75) is 64.7 Å². The first-order valence-electron chi connectivity index (χ1n) is 12.7. The molecule has 216 valence electrons. The van der Waals surface area contributed by atoms with Crippen LogP contribution in [0, 0.1) is 0 Å². The number of benzene rings is 2. The average molecular weight is 592 g/mol. The number of carbonyl (C=O) groups is 4. The molecule has 2 rings (SSSR count). The number of ether oxygens (including phenoxy) is 2. The Kier molecular flexibility index (Phi) is 12.1. The fraction of sp³-hybridized carbons (Fsp3) is 0.400. The van der Waals surface area contributed by atoms with Crippen LogP contribution in [0.15, 0.2) is 60.7 Å². The van der Waals surface area contributed by atoms with E-state index in [9.17, 15) is 19.2 Å². The molecule has 0 heterocycles. The van der Waals surface area contributed by atoms with E-state index in [1.165, 1.54) is 12.1 Å². The number of carbonyl (C=O) groups excluding carboxylic acids is 4. The molecule has 2 N–H and O–H groups in total. The maximum atomic E-state index is 13.0. The van der Waals surface area contributed by atoms with Crippen LogP contribution in [0.25, 0.3) is 0 Å². The van der Waals surface area contributed by atoms with Crippen molar-refractivity contribution in [3.63, 3.8) is 0 Å². The predicted molar refractivity (Wildman–Crippen MR) is 156 cm³/mol. The van der Waals surface area contributed by atoms with Gasteiger partial charge in [-0.15, -0.1) is 0 Å². The minimum atomic E-state index is -0.843. The van der Waals surface area contributed by atoms with Crippen LogP contribution in [0.3, 0.4) is 0 Å². The molecule has 2 aromatic carbocycles. The topological polar surface area (TPSA) is 111 Å².